The van der Waals surface area contributed by atoms with Crippen molar-refractivity contribution in [3.05, 3.63) is 29.8 Å². The van der Waals surface area contributed by atoms with Gasteiger partial charge in [0, 0.05) is 0 Å². The highest BCUT2D eigenvalue weighted by atomic mass is 127. The van der Waals surface area contributed by atoms with Crippen LogP contribution in [0.1, 0.15) is 18.9 Å². The van der Waals surface area contributed by atoms with Crippen LogP contribution < -0.4 is 5.46 Å². The molecule has 0 unspecified atom stereocenters. The zero-order valence-electron chi connectivity index (χ0n) is 7.06. The number of rotatable bonds is 3. The van der Waals surface area contributed by atoms with E-state index in [2.05, 4.69) is 75.9 Å². The molecule has 0 amide bonds. The van der Waals surface area contributed by atoms with Gasteiger partial charge in [-0.15, -0.1) is 44.7 Å². The van der Waals surface area contributed by atoms with Crippen molar-refractivity contribution in [2.75, 3.05) is 0 Å². The molecular formula is C9H11BI2. The van der Waals surface area contributed by atoms with Gasteiger partial charge in [-0.3, -0.25) is 0 Å². The molecule has 0 nitrogen and oxygen atoms in total. The van der Waals surface area contributed by atoms with Gasteiger partial charge in [0.1, 0.15) is 0 Å². The molecule has 0 saturated carbocycles. The first kappa shape index (κ1) is 10.8. The first-order valence-corrected chi connectivity index (χ1v) is 6.60. The Morgan fingerprint density at radius 1 is 1.33 bits per heavy atom. The summed E-state index contributed by atoms with van der Waals surface area (Å²) in [6.07, 6.45) is 2.43. The van der Waals surface area contributed by atoms with E-state index in [-0.39, 0.29) is 0 Å². The molecule has 1 rings (SSSR count). The van der Waals surface area contributed by atoms with Crippen LogP contribution in [0.15, 0.2) is 24.3 Å². The fourth-order valence-electron chi connectivity index (χ4n) is 1.17. The molecule has 0 aromatic heterocycles. The molecule has 1 aromatic carbocycles. The molecule has 0 fully saturated rings. The molecule has 0 radical (unpaired) electrons. The molecule has 3 heteroatoms. The van der Waals surface area contributed by atoms with Crippen LogP contribution in [0.2, 0.25) is 0 Å². The van der Waals surface area contributed by atoms with E-state index < -0.39 is 0 Å². The molecular weight excluding hydrogens is 373 g/mol. The van der Waals surface area contributed by atoms with E-state index >= 15 is 0 Å². The number of halogens is 2. The number of hydrogen-bond acceptors (Lipinski definition) is 0. The van der Waals surface area contributed by atoms with Crippen molar-refractivity contribution < 1.29 is 0 Å². The number of aryl methyl sites for hydroxylation is 1. The van der Waals surface area contributed by atoms with Gasteiger partial charge < -0.3 is 0 Å². The van der Waals surface area contributed by atoms with E-state index in [4.69, 9.17) is 0 Å². The van der Waals surface area contributed by atoms with Crippen LogP contribution in [0.25, 0.3) is 0 Å². The normalized spacial score (nSPS) is 9.92. The summed E-state index contributed by atoms with van der Waals surface area (Å²) in [6, 6.07) is 8.88. The summed E-state index contributed by atoms with van der Waals surface area (Å²) in [6.45, 7) is 2.22. The molecule has 0 heterocycles. The fraction of sp³-hybridized carbons (Fsp3) is 0.333. The average Bonchev–Trinajstić information content (AvgIpc) is 2.05. The van der Waals surface area contributed by atoms with Gasteiger partial charge in [-0.2, -0.15) is 0 Å². The predicted molar refractivity (Wildman–Crippen MR) is 73.9 cm³/mol. The Balaban J connectivity index is 2.81. The maximum atomic E-state index is 2.44. The molecule has 0 saturated heterocycles. The molecule has 0 aliphatic heterocycles. The van der Waals surface area contributed by atoms with Gasteiger partial charge in [-0.05, 0) is 12.0 Å². The topological polar surface area (TPSA) is 0 Å². The van der Waals surface area contributed by atoms with E-state index in [0.29, 0.717) is 2.43 Å². The highest BCUT2D eigenvalue weighted by Gasteiger charge is 2.06. The van der Waals surface area contributed by atoms with Gasteiger partial charge in [0.25, 0.3) is 0 Å². The third-order valence-corrected chi connectivity index (χ3v) is 3.18. The van der Waals surface area contributed by atoms with Gasteiger partial charge in [-0.25, -0.2) is 0 Å². The van der Waals surface area contributed by atoms with Gasteiger partial charge in [0.05, 0.1) is 0 Å². The van der Waals surface area contributed by atoms with Crippen LogP contribution in [0.3, 0.4) is 0 Å². The highest BCUT2D eigenvalue weighted by Crippen LogP contribution is 2.07. The van der Waals surface area contributed by atoms with Crippen molar-refractivity contribution in [1.29, 1.82) is 0 Å². The summed E-state index contributed by atoms with van der Waals surface area (Å²) >= 11 is 4.88. The average molecular weight is 384 g/mol. The second-order valence-electron chi connectivity index (χ2n) is 2.80. The zero-order chi connectivity index (χ0) is 8.97. The third-order valence-electron chi connectivity index (χ3n) is 1.74. The molecule has 1 aromatic rings. The van der Waals surface area contributed by atoms with Crippen molar-refractivity contribution in [3.63, 3.8) is 0 Å². The Morgan fingerprint density at radius 3 is 2.67 bits per heavy atom. The molecule has 0 bridgehead atoms. The third kappa shape index (κ3) is 3.24. The number of benzene rings is 1. The largest absolute Gasteiger partial charge is 0.320 e. The first-order valence-electron chi connectivity index (χ1n) is 4.11. The second kappa shape index (κ2) is 5.47. The predicted octanol–water partition coefficient (Wildman–Crippen LogP) is 3.20. The summed E-state index contributed by atoms with van der Waals surface area (Å²) in [4.78, 5) is 0. The minimum absolute atomic E-state index is 0.594. The second-order valence-corrected chi connectivity index (χ2v) is 7.67. The minimum Gasteiger partial charge on any atom is -0.127 e. The van der Waals surface area contributed by atoms with E-state index in [1.807, 2.05) is 0 Å². The zero-order valence-corrected chi connectivity index (χ0v) is 11.4. The summed E-state index contributed by atoms with van der Waals surface area (Å²) in [7, 11) is 0. The Labute approximate surface area is 101 Å². The SMILES string of the molecule is CCCc1cccc(B(I)I)c1. The Morgan fingerprint density at radius 2 is 2.08 bits per heavy atom. The van der Waals surface area contributed by atoms with Crippen molar-refractivity contribution in [1.82, 2.24) is 0 Å². The van der Waals surface area contributed by atoms with Crippen LogP contribution in [0.4, 0.5) is 0 Å². The van der Waals surface area contributed by atoms with Gasteiger partial charge >= 0.3 is 2.43 Å². The van der Waals surface area contributed by atoms with Gasteiger partial charge in [-0.1, -0.05) is 43.1 Å². The van der Waals surface area contributed by atoms with E-state index in [1.54, 1.807) is 0 Å². The minimum atomic E-state index is 0.594. The van der Waals surface area contributed by atoms with Crippen LogP contribution in [-0.4, -0.2) is 2.43 Å². The Kier molecular flexibility index (Phi) is 4.93. The lowest BCUT2D eigenvalue weighted by atomic mass is 9.93. The van der Waals surface area contributed by atoms with Crippen LogP contribution in [0, 0.1) is 0 Å². The van der Waals surface area contributed by atoms with Gasteiger partial charge in [0.2, 0.25) is 0 Å². The molecule has 0 atom stereocenters. The summed E-state index contributed by atoms with van der Waals surface area (Å²) in [5.74, 6) is 0. The van der Waals surface area contributed by atoms with Crippen LogP contribution >= 0.6 is 44.7 Å². The number of hydrogen-bond donors (Lipinski definition) is 0. The van der Waals surface area contributed by atoms with Crippen molar-refractivity contribution >= 4 is 52.6 Å². The lowest BCUT2D eigenvalue weighted by molar-refractivity contribution is 0.923. The molecule has 0 N–H and O–H groups in total. The van der Waals surface area contributed by atoms with Gasteiger partial charge in [0.15, 0.2) is 0 Å². The maximum Gasteiger partial charge on any atom is 0.320 e. The monoisotopic (exact) mass is 384 g/mol. The Hall–Kier alpha value is 0.745. The van der Waals surface area contributed by atoms with Crippen LogP contribution in [-0.2, 0) is 6.42 Å². The van der Waals surface area contributed by atoms with E-state index in [0.717, 1.165) is 0 Å². The molecule has 12 heavy (non-hydrogen) atoms. The van der Waals surface area contributed by atoms with E-state index in [1.165, 1.54) is 23.9 Å². The highest BCUT2D eigenvalue weighted by molar-refractivity contribution is 14.3. The van der Waals surface area contributed by atoms with Crippen LogP contribution in [0.5, 0.6) is 0 Å². The summed E-state index contributed by atoms with van der Waals surface area (Å²) in [5.41, 5.74) is 2.90. The summed E-state index contributed by atoms with van der Waals surface area (Å²) < 4.78 is 0.594. The van der Waals surface area contributed by atoms with Crippen molar-refractivity contribution in [2.24, 2.45) is 0 Å². The van der Waals surface area contributed by atoms with Crippen molar-refractivity contribution in [3.8, 4) is 0 Å². The van der Waals surface area contributed by atoms with Crippen molar-refractivity contribution in [2.45, 2.75) is 19.8 Å². The molecule has 0 spiro atoms. The maximum absolute atomic E-state index is 2.44. The lowest BCUT2D eigenvalue weighted by Crippen LogP contribution is -2.16. The summed E-state index contributed by atoms with van der Waals surface area (Å²) in [5, 5.41) is 0. The quantitative estimate of drug-likeness (QED) is 0.555. The molecule has 0 aliphatic carbocycles. The molecule has 64 valence electrons. The lowest BCUT2D eigenvalue weighted by Gasteiger charge is -2.02. The first-order chi connectivity index (χ1) is 5.74. The molecule has 0 aliphatic rings. The smallest absolute Gasteiger partial charge is 0.127 e. The Bertz CT molecular complexity index is 248. The van der Waals surface area contributed by atoms with E-state index in [9.17, 15) is 0 Å². The standard InChI is InChI=1S/C9H11BI2/c1-2-4-8-5-3-6-9(7-8)10(11)12/h3,5-7H,2,4H2,1H3. The fourth-order valence-corrected chi connectivity index (χ4v) is 1.95.